The number of alkyl carbamates (subject to hydrolysis) is 1. The molecule has 178 valence electrons. The summed E-state index contributed by atoms with van der Waals surface area (Å²) >= 11 is 0. The highest BCUT2D eigenvalue weighted by Gasteiger charge is 2.27. The number of hydrogen-bond donors (Lipinski definition) is 2. The van der Waals surface area contributed by atoms with Crippen molar-refractivity contribution in [3.8, 4) is 0 Å². The van der Waals surface area contributed by atoms with Crippen molar-refractivity contribution in [2.75, 3.05) is 10.2 Å². The minimum absolute atomic E-state index is 0.0516. The molecule has 34 heavy (non-hydrogen) atoms. The van der Waals surface area contributed by atoms with Gasteiger partial charge < -0.3 is 20.3 Å². The Morgan fingerprint density at radius 2 is 1.97 bits per heavy atom. The molecule has 0 saturated heterocycles. The summed E-state index contributed by atoms with van der Waals surface area (Å²) in [6.07, 6.45) is 1.08. The van der Waals surface area contributed by atoms with E-state index in [4.69, 9.17) is 4.74 Å². The van der Waals surface area contributed by atoms with Gasteiger partial charge in [0.25, 0.3) is 5.91 Å². The number of benzene rings is 2. The number of carbonyl (C=O) groups is 2. The van der Waals surface area contributed by atoms with Gasteiger partial charge in [0.2, 0.25) is 0 Å². The van der Waals surface area contributed by atoms with Crippen LogP contribution in [0, 0.1) is 12.7 Å². The number of halogens is 1. The van der Waals surface area contributed by atoms with Crippen LogP contribution in [-0.4, -0.2) is 27.4 Å². The number of hydrogen-bond acceptors (Lipinski definition) is 5. The lowest BCUT2D eigenvalue weighted by Crippen LogP contribution is -2.32. The zero-order chi connectivity index (χ0) is 24.6. The maximum Gasteiger partial charge on any atom is 0.407 e. The molecule has 1 aromatic heterocycles. The van der Waals surface area contributed by atoms with Crippen molar-refractivity contribution in [1.82, 2.24) is 15.1 Å². The van der Waals surface area contributed by atoms with E-state index in [1.165, 1.54) is 12.1 Å². The fraction of sp³-hybridized carbons (Fsp3) is 0.320. The SMILES string of the molecule is Cc1ccc2c(c1)Nc1c(cnn1C)CN2C(=O)c1ccc(CNC(=O)OC(C)(C)C)c(F)c1. The number of nitrogens with zero attached hydrogens (tertiary/aromatic N) is 3. The molecular weight excluding hydrogens is 437 g/mol. The fourth-order valence-corrected chi connectivity index (χ4v) is 3.77. The van der Waals surface area contributed by atoms with Crippen LogP contribution in [0.3, 0.4) is 0 Å². The highest BCUT2D eigenvalue weighted by Crippen LogP contribution is 2.37. The Hall–Kier alpha value is -3.88. The molecule has 2 amide bonds. The quantitative estimate of drug-likeness (QED) is 0.580. The van der Waals surface area contributed by atoms with Crippen molar-refractivity contribution in [2.45, 2.75) is 46.4 Å². The van der Waals surface area contributed by atoms with E-state index in [0.29, 0.717) is 5.69 Å². The van der Waals surface area contributed by atoms with Crippen molar-refractivity contribution in [3.63, 3.8) is 0 Å². The number of rotatable bonds is 3. The van der Waals surface area contributed by atoms with Gasteiger partial charge >= 0.3 is 6.09 Å². The zero-order valence-electron chi connectivity index (χ0n) is 19.9. The zero-order valence-corrected chi connectivity index (χ0v) is 19.9. The highest BCUT2D eigenvalue weighted by molar-refractivity contribution is 6.08. The molecule has 0 fully saturated rings. The molecule has 2 heterocycles. The molecule has 3 aromatic rings. The number of ether oxygens (including phenoxy) is 1. The smallest absolute Gasteiger partial charge is 0.407 e. The number of carbonyl (C=O) groups excluding carboxylic acids is 2. The lowest BCUT2D eigenvalue weighted by atomic mass is 10.1. The van der Waals surface area contributed by atoms with Crippen LogP contribution in [-0.2, 0) is 24.9 Å². The van der Waals surface area contributed by atoms with Gasteiger partial charge in [-0.1, -0.05) is 12.1 Å². The Labute approximate surface area is 197 Å². The first kappa shape index (κ1) is 23.3. The third-order valence-corrected chi connectivity index (χ3v) is 5.41. The molecule has 0 aliphatic carbocycles. The maximum absolute atomic E-state index is 14.8. The van der Waals surface area contributed by atoms with Crippen molar-refractivity contribution < 1.29 is 18.7 Å². The third kappa shape index (κ3) is 4.88. The number of aromatic nitrogens is 2. The summed E-state index contributed by atoms with van der Waals surface area (Å²) in [6.45, 7) is 7.46. The molecule has 0 radical (unpaired) electrons. The third-order valence-electron chi connectivity index (χ3n) is 5.41. The van der Waals surface area contributed by atoms with Gasteiger partial charge in [-0.05, 0) is 57.5 Å². The molecular formula is C25H28FN5O3. The van der Waals surface area contributed by atoms with E-state index in [2.05, 4.69) is 15.7 Å². The van der Waals surface area contributed by atoms with Gasteiger partial charge in [-0.15, -0.1) is 0 Å². The number of amides is 2. The average molecular weight is 466 g/mol. The van der Waals surface area contributed by atoms with Gasteiger partial charge in [-0.3, -0.25) is 9.48 Å². The molecule has 2 aromatic carbocycles. The molecule has 0 spiro atoms. The van der Waals surface area contributed by atoms with E-state index in [1.54, 1.807) is 42.6 Å². The lowest BCUT2D eigenvalue weighted by molar-refractivity contribution is 0.0523. The van der Waals surface area contributed by atoms with Crippen molar-refractivity contribution in [3.05, 3.63) is 70.7 Å². The molecule has 4 rings (SSSR count). The topological polar surface area (TPSA) is 88.5 Å². The summed E-state index contributed by atoms with van der Waals surface area (Å²) in [5.74, 6) is -0.118. The summed E-state index contributed by atoms with van der Waals surface area (Å²) in [5, 5.41) is 10.2. The predicted molar refractivity (Wildman–Crippen MR) is 128 cm³/mol. The Balaban J connectivity index is 1.59. The second-order valence-corrected chi connectivity index (χ2v) is 9.34. The molecule has 0 unspecified atom stereocenters. The molecule has 9 heteroatoms. The molecule has 1 aliphatic rings. The summed E-state index contributed by atoms with van der Waals surface area (Å²) in [4.78, 5) is 27.0. The van der Waals surface area contributed by atoms with Crippen LogP contribution in [0.2, 0.25) is 0 Å². The van der Waals surface area contributed by atoms with Crippen LogP contribution in [0.4, 0.5) is 26.4 Å². The average Bonchev–Trinajstić information content (AvgIpc) is 3.00. The number of nitrogens with one attached hydrogen (secondary N) is 2. The van der Waals surface area contributed by atoms with Gasteiger partial charge in [-0.25, -0.2) is 9.18 Å². The Morgan fingerprint density at radius 3 is 2.68 bits per heavy atom. The highest BCUT2D eigenvalue weighted by atomic mass is 19.1. The number of aryl methyl sites for hydroxylation is 2. The predicted octanol–water partition coefficient (Wildman–Crippen LogP) is 4.80. The van der Waals surface area contributed by atoms with Crippen LogP contribution >= 0.6 is 0 Å². The van der Waals surface area contributed by atoms with Crippen molar-refractivity contribution in [1.29, 1.82) is 0 Å². The number of fused-ring (bicyclic) bond motifs is 2. The second kappa shape index (κ2) is 8.81. The van der Waals surface area contributed by atoms with Gasteiger partial charge in [0.1, 0.15) is 17.2 Å². The van der Waals surface area contributed by atoms with Crippen LogP contribution in [0.5, 0.6) is 0 Å². The van der Waals surface area contributed by atoms with Crippen LogP contribution in [0.1, 0.15) is 47.8 Å². The van der Waals surface area contributed by atoms with Crippen LogP contribution < -0.4 is 15.5 Å². The Kier molecular flexibility index (Phi) is 6.03. The number of anilines is 3. The standard InChI is InChI=1S/C25H28FN5O3/c1-15-6-9-21-20(10-15)29-22-18(13-28-30(22)5)14-31(21)23(32)16-7-8-17(19(26)11-16)12-27-24(33)34-25(2,3)4/h6-11,13,29H,12,14H2,1-5H3,(H,27,33). The van der Waals surface area contributed by atoms with E-state index in [-0.39, 0.29) is 30.1 Å². The molecule has 1 aliphatic heterocycles. The van der Waals surface area contributed by atoms with Gasteiger partial charge in [-0.2, -0.15) is 5.10 Å². The van der Waals surface area contributed by atoms with Gasteiger partial charge in [0.15, 0.2) is 0 Å². The van der Waals surface area contributed by atoms with Crippen LogP contribution in [0.15, 0.2) is 42.6 Å². The van der Waals surface area contributed by atoms with Gasteiger partial charge in [0, 0.05) is 30.3 Å². The summed E-state index contributed by atoms with van der Waals surface area (Å²) in [7, 11) is 1.83. The summed E-state index contributed by atoms with van der Waals surface area (Å²) in [5.41, 5.74) is 3.17. The first-order valence-corrected chi connectivity index (χ1v) is 11.0. The molecule has 2 N–H and O–H groups in total. The first-order valence-electron chi connectivity index (χ1n) is 11.0. The fourth-order valence-electron chi connectivity index (χ4n) is 3.77. The Bertz CT molecular complexity index is 1260. The maximum atomic E-state index is 14.8. The van der Waals surface area contributed by atoms with E-state index >= 15 is 0 Å². The normalized spacial score (nSPS) is 12.8. The molecule has 0 bridgehead atoms. The molecule has 8 nitrogen and oxygen atoms in total. The molecule has 0 saturated carbocycles. The Morgan fingerprint density at radius 1 is 1.21 bits per heavy atom. The molecule has 0 atom stereocenters. The van der Waals surface area contributed by atoms with E-state index in [9.17, 15) is 14.0 Å². The van der Waals surface area contributed by atoms with E-state index in [1.807, 2.05) is 32.2 Å². The monoisotopic (exact) mass is 465 g/mol. The van der Waals surface area contributed by atoms with Crippen molar-refractivity contribution >= 4 is 29.2 Å². The van der Waals surface area contributed by atoms with E-state index < -0.39 is 17.5 Å². The van der Waals surface area contributed by atoms with E-state index in [0.717, 1.165) is 22.6 Å². The minimum Gasteiger partial charge on any atom is -0.444 e. The van der Waals surface area contributed by atoms with Gasteiger partial charge in [0.05, 0.1) is 24.1 Å². The largest absolute Gasteiger partial charge is 0.444 e. The summed E-state index contributed by atoms with van der Waals surface area (Å²) < 4.78 is 21.8. The van der Waals surface area contributed by atoms with Crippen LogP contribution in [0.25, 0.3) is 0 Å². The van der Waals surface area contributed by atoms with Crippen molar-refractivity contribution in [2.24, 2.45) is 7.05 Å². The first-order chi connectivity index (χ1) is 16.0. The summed E-state index contributed by atoms with van der Waals surface area (Å²) in [6, 6.07) is 10.0. The second-order valence-electron chi connectivity index (χ2n) is 9.34. The lowest BCUT2D eigenvalue weighted by Gasteiger charge is -2.23. The minimum atomic E-state index is -0.649.